The minimum atomic E-state index is -0.947. The lowest BCUT2D eigenvalue weighted by atomic mass is 10.1. The number of hydrogen-bond acceptors (Lipinski definition) is 6. The van der Waals surface area contributed by atoms with Gasteiger partial charge < -0.3 is 4.90 Å². The van der Waals surface area contributed by atoms with E-state index in [1.54, 1.807) is 17.0 Å². The van der Waals surface area contributed by atoms with Crippen LogP contribution in [0.4, 0.5) is 15.8 Å². The lowest BCUT2D eigenvalue weighted by Gasteiger charge is -2.30. The summed E-state index contributed by atoms with van der Waals surface area (Å²) in [5, 5.41) is 22.0. The summed E-state index contributed by atoms with van der Waals surface area (Å²) >= 11 is 0. The number of piperidine rings is 1. The van der Waals surface area contributed by atoms with E-state index < -0.39 is 11.1 Å². The molecule has 9 heteroatoms. The summed E-state index contributed by atoms with van der Waals surface area (Å²) in [6.45, 7) is 0.802. The molecule has 0 N–H and O–H groups in total. The van der Waals surface area contributed by atoms with Crippen LogP contribution < -0.4 is 4.90 Å². The number of benzene rings is 1. The third-order valence-electron chi connectivity index (χ3n) is 3.47. The fourth-order valence-corrected chi connectivity index (χ4v) is 2.49. The van der Waals surface area contributed by atoms with Crippen molar-refractivity contribution in [1.29, 1.82) is 0 Å². The summed E-state index contributed by atoms with van der Waals surface area (Å²) in [5.74, 6) is 0. The van der Waals surface area contributed by atoms with Crippen molar-refractivity contribution >= 4 is 11.4 Å². The molecule has 2 aromatic rings. The average Bonchev–Trinajstić information content (AvgIpc) is 3.01. The largest absolute Gasteiger partial charge is 0.363 e. The predicted molar refractivity (Wildman–Crippen MR) is 72.2 cm³/mol. The van der Waals surface area contributed by atoms with Gasteiger partial charge in [0.05, 0.1) is 10.6 Å². The minimum Gasteiger partial charge on any atom is -0.363 e. The molecule has 1 aromatic heterocycles. The second kappa shape index (κ2) is 5.43. The molecule has 3 rings (SSSR count). The maximum absolute atomic E-state index is 13.5. The van der Waals surface area contributed by atoms with Gasteiger partial charge in [-0.2, -0.15) is 0 Å². The fraction of sp³-hybridized carbons (Fsp3) is 0.417. The average molecular weight is 292 g/mol. The monoisotopic (exact) mass is 292 g/mol. The van der Waals surface area contributed by atoms with Gasteiger partial charge in [0.2, 0.25) is 0 Å². The molecule has 0 bridgehead atoms. The van der Waals surface area contributed by atoms with Gasteiger partial charge in [0.25, 0.3) is 5.69 Å². The lowest BCUT2D eigenvalue weighted by Crippen LogP contribution is -2.36. The van der Waals surface area contributed by atoms with Crippen molar-refractivity contribution in [1.82, 2.24) is 20.2 Å². The molecule has 2 heterocycles. The number of halogens is 1. The molecule has 1 saturated heterocycles. The second-order valence-corrected chi connectivity index (χ2v) is 4.87. The Hall–Kier alpha value is -2.58. The van der Waals surface area contributed by atoms with Crippen LogP contribution in [-0.4, -0.2) is 44.4 Å². The van der Waals surface area contributed by atoms with Gasteiger partial charge in [0.15, 0.2) is 0 Å². The van der Waals surface area contributed by atoms with Crippen LogP contribution >= 0.6 is 0 Å². The van der Waals surface area contributed by atoms with Crippen molar-refractivity contribution < 1.29 is 9.31 Å². The van der Waals surface area contributed by atoms with E-state index in [2.05, 4.69) is 15.5 Å². The van der Waals surface area contributed by atoms with Crippen LogP contribution in [0.5, 0.6) is 0 Å². The molecule has 1 aliphatic heterocycles. The van der Waals surface area contributed by atoms with Gasteiger partial charge in [-0.15, -0.1) is 5.10 Å². The van der Waals surface area contributed by atoms with E-state index in [0.717, 1.165) is 0 Å². The van der Waals surface area contributed by atoms with Gasteiger partial charge in [0.1, 0.15) is 18.2 Å². The zero-order valence-electron chi connectivity index (χ0n) is 11.1. The zero-order chi connectivity index (χ0) is 14.8. The first kappa shape index (κ1) is 13.4. The molecule has 21 heavy (non-hydrogen) atoms. The predicted octanol–water partition coefficient (Wildman–Crippen LogP) is 1.51. The molecule has 110 valence electrons. The number of alkyl halides is 1. The van der Waals surface area contributed by atoms with Gasteiger partial charge in [-0.3, -0.25) is 10.1 Å². The quantitative estimate of drug-likeness (QED) is 0.629. The number of anilines is 1. The highest BCUT2D eigenvalue weighted by Gasteiger charge is 2.25. The normalized spacial score (nSPS) is 18.7. The van der Waals surface area contributed by atoms with Gasteiger partial charge in [-0.05, 0) is 35.4 Å². The Balaban J connectivity index is 1.98. The third-order valence-corrected chi connectivity index (χ3v) is 3.47. The highest BCUT2D eigenvalue weighted by atomic mass is 19.1. The Morgan fingerprint density at radius 1 is 1.43 bits per heavy atom. The first-order valence-electron chi connectivity index (χ1n) is 6.56. The van der Waals surface area contributed by atoms with E-state index in [1.165, 1.54) is 17.1 Å². The molecule has 0 radical (unpaired) electrons. The summed E-state index contributed by atoms with van der Waals surface area (Å²) < 4.78 is 14.9. The Morgan fingerprint density at radius 2 is 2.29 bits per heavy atom. The number of nitro benzene ring substituents is 1. The molecule has 0 saturated carbocycles. The van der Waals surface area contributed by atoms with Crippen LogP contribution in [0, 0.1) is 10.1 Å². The molecule has 1 aliphatic rings. The maximum Gasteiger partial charge on any atom is 0.294 e. The van der Waals surface area contributed by atoms with Crippen molar-refractivity contribution in [2.24, 2.45) is 0 Å². The SMILES string of the molecule is O=[N+]([O-])c1cc(-n2cnnn2)ccc1N1CCC[C@@H](F)C1. The lowest BCUT2D eigenvalue weighted by molar-refractivity contribution is -0.384. The molecule has 1 fully saturated rings. The van der Waals surface area contributed by atoms with Crippen molar-refractivity contribution in [3.8, 4) is 5.69 Å². The van der Waals surface area contributed by atoms with Gasteiger partial charge in [-0.1, -0.05) is 0 Å². The Bertz CT molecular complexity index is 647. The molecular weight excluding hydrogens is 279 g/mol. The van der Waals surface area contributed by atoms with E-state index in [0.29, 0.717) is 30.8 Å². The van der Waals surface area contributed by atoms with E-state index >= 15 is 0 Å². The summed E-state index contributed by atoms with van der Waals surface area (Å²) in [7, 11) is 0. The number of hydrogen-bond donors (Lipinski definition) is 0. The minimum absolute atomic E-state index is 0.0721. The molecule has 0 aliphatic carbocycles. The van der Waals surface area contributed by atoms with Crippen molar-refractivity contribution in [2.75, 3.05) is 18.0 Å². The topological polar surface area (TPSA) is 90.0 Å². The highest BCUT2D eigenvalue weighted by molar-refractivity contribution is 5.66. The van der Waals surface area contributed by atoms with E-state index in [-0.39, 0.29) is 12.2 Å². The first-order chi connectivity index (χ1) is 10.1. The van der Waals surface area contributed by atoms with Gasteiger partial charge in [-0.25, -0.2) is 9.07 Å². The van der Waals surface area contributed by atoms with E-state index in [1.807, 2.05) is 0 Å². The van der Waals surface area contributed by atoms with Gasteiger partial charge in [0, 0.05) is 19.2 Å². The second-order valence-electron chi connectivity index (χ2n) is 4.87. The first-order valence-corrected chi connectivity index (χ1v) is 6.56. The van der Waals surface area contributed by atoms with Crippen LogP contribution in [0.3, 0.4) is 0 Å². The maximum atomic E-state index is 13.5. The number of nitrogens with zero attached hydrogens (tertiary/aromatic N) is 6. The standard InChI is InChI=1S/C12H13FN6O2/c13-9-2-1-5-17(7-9)11-4-3-10(6-12(11)19(20)21)18-8-14-15-16-18/h3-4,6,8-9H,1-2,5,7H2/t9-/m1/s1. The molecule has 1 aromatic carbocycles. The Morgan fingerprint density at radius 3 is 2.95 bits per heavy atom. The van der Waals surface area contributed by atoms with Crippen molar-refractivity contribution in [3.05, 3.63) is 34.6 Å². The third kappa shape index (κ3) is 2.67. The van der Waals surface area contributed by atoms with Crippen LogP contribution in [-0.2, 0) is 0 Å². The summed E-state index contributed by atoms with van der Waals surface area (Å²) in [6, 6.07) is 4.70. The molecular formula is C12H13FN6O2. The molecule has 0 amide bonds. The smallest absolute Gasteiger partial charge is 0.294 e. The fourth-order valence-electron chi connectivity index (χ4n) is 2.49. The number of nitro groups is 1. The number of aromatic nitrogens is 4. The Labute approximate surface area is 119 Å². The van der Waals surface area contributed by atoms with Crippen molar-refractivity contribution in [2.45, 2.75) is 19.0 Å². The number of rotatable bonds is 3. The van der Waals surface area contributed by atoms with E-state index in [9.17, 15) is 14.5 Å². The molecule has 0 unspecified atom stereocenters. The Kier molecular flexibility index (Phi) is 3.46. The van der Waals surface area contributed by atoms with Crippen LogP contribution in [0.15, 0.2) is 24.5 Å². The number of tetrazole rings is 1. The molecule has 8 nitrogen and oxygen atoms in total. The highest BCUT2D eigenvalue weighted by Crippen LogP contribution is 2.32. The van der Waals surface area contributed by atoms with E-state index in [4.69, 9.17) is 0 Å². The van der Waals surface area contributed by atoms with Crippen LogP contribution in [0.25, 0.3) is 5.69 Å². The summed E-state index contributed by atoms with van der Waals surface area (Å²) in [5.41, 5.74) is 0.848. The van der Waals surface area contributed by atoms with Crippen LogP contribution in [0.1, 0.15) is 12.8 Å². The molecule has 1 atom stereocenters. The van der Waals surface area contributed by atoms with Gasteiger partial charge >= 0.3 is 0 Å². The van der Waals surface area contributed by atoms with Crippen molar-refractivity contribution in [3.63, 3.8) is 0 Å². The summed E-state index contributed by atoms with van der Waals surface area (Å²) in [4.78, 5) is 12.5. The van der Waals surface area contributed by atoms with Crippen LogP contribution in [0.2, 0.25) is 0 Å². The summed E-state index contributed by atoms with van der Waals surface area (Å²) in [6.07, 6.45) is 1.61. The molecule has 0 spiro atoms. The zero-order valence-corrected chi connectivity index (χ0v) is 11.1.